The Balaban J connectivity index is 1.92. The van der Waals surface area contributed by atoms with E-state index in [2.05, 4.69) is 19.1 Å². The lowest BCUT2D eigenvalue weighted by molar-refractivity contribution is -0.0796. The van der Waals surface area contributed by atoms with Gasteiger partial charge in [-0.25, -0.2) is 0 Å². The van der Waals surface area contributed by atoms with E-state index in [4.69, 9.17) is 15.2 Å². The fraction of sp³-hybridized carbons (Fsp3) is 0.538. The lowest BCUT2D eigenvalue weighted by Gasteiger charge is -2.26. The van der Waals surface area contributed by atoms with E-state index in [0.717, 1.165) is 18.7 Å². The van der Waals surface area contributed by atoms with E-state index >= 15 is 0 Å². The fourth-order valence-electron chi connectivity index (χ4n) is 1.77. The molecule has 1 aliphatic rings. The number of hydrogen-bond donors (Lipinski definition) is 1. The summed E-state index contributed by atoms with van der Waals surface area (Å²) in [7, 11) is 0. The topological polar surface area (TPSA) is 44.5 Å². The monoisotopic (exact) mass is 221 g/mol. The van der Waals surface area contributed by atoms with Gasteiger partial charge >= 0.3 is 0 Å². The molecule has 2 N–H and O–H groups in total. The molecule has 1 aromatic carbocycles. The maximum absolute atomic E-state index is 5.70. The van der Waals surface area contributed by atoms with Gasteiger partial charge in [0.25, 0.3) is 0 Å². The second-order valence-corrected chi connectivity index (χ2v) is 4.32. The predicted molar refractivity (Wildman–Crippen MR) is 63.8 cm³/mol. The Morgan fingerprint density at radius 3 is 2.56 bits per heavy atom. The van der Waals surface area contributed by atoms with E-state index in [1.165, 1.54) is 5.56 Å². The highest BCUT2D eigenvalue weighted by atomic mass is 16.6. The van der Waals surface area contributed by atoms with Gasteiger partial charge in [0, 0.05) is 0 Å². The van der Waals surface area contributed by atoms with Gasteiger partial charge in [-0.05, 0) is 36.6 Å². The van der Waals surface area contributed by atoms with Crippen molar-refractivity contribution >= 4 is 0 Å². The van der Waals surface area contributed by atoms with Crippen LogP contribution in [-0.2, 0) is 4.74 Å². The molecular weight excluding hydrogens is 202 g/mol. The summed E-state index contributed by atoms with van der Waals surface area (Å²) >= 11 is 0. The Morgan fingerprint density at radius 1 is 1.38 bits per heavy atom. The number of nitrogens with two attached hydrogens (primary N) is 1. The minimum Gasteiger partial charge on any atom is -0.486 e. The molecule has 0 radical (unpaired) electrons. The van der Waals surface area contributed by atoms with E-state index in [0.29, 0.717) is 19.1 Å². The summed E-state index contributed by atoms with van der Waals surface area (Å²) in [6, 6.07) is 8.30. The SMILES string of the molecule is CC(CCN)c1ccc(OC2COC2)cc1. The van der Waals surface area contributed by atoms with Crippen LogP contribution in [0.3, 0.4) is 0 Å². The van der Waals surface area contributed by atoms with Crippen molar-refractivity contribution in [3.8, 4) is 5.75 Å². The van der Waals surface area contributed by atoms with Crippen LogP contribution in [0.15, 0.2) is 24.3 Å². The van der Waals surface area contributed by atoms with Crippen molar-refractivity contribution in [2.45, 2.75) is 25.4 Å². The standard InChI is InChI=1S/C13H19NO2/c1-10(6-7-14)11-2-4-12(5-3-11)16-13-8-15-9-13/h2-5,10,13H,6-9,14H2,1H3. The van der Waals surface area contributed by atoms with Crippen LogP contribution >= 0.6 is 0 Å². The molecule has 1 unspecified atom stereocenters. The molecule has 1 aliphatic heterocycles. The van der Waals surface area contributed by atoms with Crippen molar-refractivity contribution in [1.29, 1.82) is 0 Å². The van der Waals surface area contributed by atoms with E-state index in [9.17, 15) is 0 Å². The highest BCUT2D eigenvalue weighted by molar-refractivity contribution is 5.29. The molecular formula is C13H19NO2. The summed E-state index contributed by atoms with van der Waals surface area (Å²) in [5, 5.41) is 0. The Labute approximate surface area is 96.5 Å². The summed E-state index contributed by atoms with van der Waals surface area (Å²) in [4.78, 5) is 0. The molecule has 0 aromatic heterocycles. The highest BCUT2D eigenvalue weighted by Crippen LogP contribution is 2.22. The lowest BCUT2D eigenvalue weighted by atomic mass is 9.98. The Bertz CT molecular complexity index is 319. The van der Waals surface area contributed by atoms with Crippen molar-refractivity contribution < 1.29 is 9.47 Å². The molecule has 0 saturated carbocycles. The molecule has 1 aromatic rings. The van der Waals surface area contributed by atoms with Gasteiger partial charge in [0.15, 0.2) is 0 Å². The largest absolute Gasteiger partial charge is 0.486 e. The summed E-state index contributed by atoms with van der Waals surface area (Å²) in [6.07, 6.45) is 1.27. The number of hydrogen-bond acceptors (Lipinski definition) is 3. The van der Waals surface area contributed by atoms with Crippen LogP contribution in [0.4, 0.5) is 0 Å². The molecule has 3 nitrogen and oxygen atoms in total. The molecule has 0 spiro atoms. The van der Waals surface area contributed by atoms with Crippen LogP contribution in [0.1, 0.15) is 24.8 Å². The average Bonchev–Trinajstić information content (AvgIpc) is 2.25. The van der Waals surface area contributed by atoms with Crippen LogP contribution in [-0.4, -0.2) is 25.9 Å². The molecule has 2 rings (SSSR count). The van der Waals surface area contributed by atoms with E-state index in [-0.39, 0.29) is 6.10 Å². The van der Waals surface area contributed by atoms with Crippen molar-refractivity contribution in [1.82, 2.24) is 0 Å². The second kappa shape index (κ2) is 5.32. The van der Waals surface area contributed by atoms with Crippen LogP contribution in [0.25, 0.3) is 0 Å². The van der Waals surface area contributed by atoms with E-state index < -0.39 is 0 Å². The van der Waals surface area contributed by atoms with Gasteiger partial charge in [-0.2, -0.15) is 0 Å². The molecule has 0 aliphatic carbocycles. The van der Waals surface area contributed by atoms with Crippen LogP contribution in [0.5, 0.6) is 5.75 Å². The number of rotatable bonds is 5. The van der Waals surface area contributed by atoms with Crippen LogP contribution < -0.4 is 10.5 Å². The molecule has 16 heavy (non-hydrogen) atoms. The minimum atomic E-state index is 0.243. The first-order valence-corrected chi connectivity index (χ1v) is 5.84. The van der Waals surface area contributed by atoms with Gasteiger partial charge in [0.1, 0.15) is 11.9 Å². The van der Waals surface area contributed by atoms with Gasteiger partial charge in [0.05, 0.1) is 13.2 Å². The molecule has 1 saturated heterocycles. The first-order valence-electron chi connectivity index (χ1n) is 5.84. The van der Waals surface area contributed by atoms with Gasteiger partial charge < -0.3 is 15.2 Å². The van der Waals surface area contributed by atoms with Crippen molar-refractivity contribution in [2.24, 2.45) is 5.73 Å². The number of benzene rings is 1. The van der Waals surface area contributed by atoms with Crippen LogP contribution in [0.2, 0.25) is 0 Å². The summed E-state index contributed by atoms with van der Waals surface area (Å²) in [6.45, 7) is 4.36. The van der Waals surface area contributed by atoms with Crippen LogP contribution in [0, 0.1) is 0 Å². The first-order chi connectivity index (χ1) is 7.79. The molecule has 1 heterocycles. The molecule has 1 fully saturated rings. The zero-order valence-corrected chi connectivity index (χ0v) is 9.69. The zero-order valence-electron chi connectivity index (χ0n) is 9.69. The number of ether oxygens (including phenoxy) is 2. The van der Waals surface area contributed by atoms with Gasteiger partial charge in [-0.3, -0.25) is 0 Å². The third kappa shape index (κ3) is 2.74. The van der Waals surface area contributed by atoms with Gasteiger partial charge in [-0.1, -0.05) is 19.1 Å². The molecule has 1 atom stereocenters. The molecule has 0 bridgehead atoms. The Hall–Kier alpha value is -1.06. The third-order valence-corrected chi connectivity index (χ3v) is 2.96. The molecule has 88 valence electrons. The van der Waals surface area contributed by atoms with Gasteiger partial charge in [0.2, 0.25) is 0 Å². The second-order valence-electron chi connectivity index (χ2n) is 4.32. The fourth-order valence-corrected chi connectivity index (χ4v) is 1.77. The average molecular weight is 221 g/mol. The quantitative estimate of drug-likeness (QED) is 0.826. The lowest BCUT2D eigenvalue weighted by Crippen LogP contribution is -2.38. The summed E-state index contributed by atoms with van der Waals surface area (Å²) < 4.78 is 10.8. The summed E-state index contributed by atoms with van der Waals surface area (Å²) in [5.41, 5.74) is 6.87. The normalized spacial score (nSPS) is 17.9. The first kappa shape index (κ1) is 11.4. The summed E-state index contributed by atoms with van der Waals surface area (Å²) in [5.74, 6) is 1.45. The third-order valence-electron chi connectivity index (χ3n) is 2.96. The predicted octanol–water partition coefficient (Wildman–Crippen LogP) is 1.92. The minimum absolute atomic E-state index is 0.243. The van der Waals surface area contributed by atoms with E-state index in [1.54, 1.807) is 0 Å². The Morgan fingerprint density at radius 2 is 2.06 bits per heavy atom. The maximum Gasteiger partial charge on any atom is 0.145 e. The zero-order chi connectivity index (χ0) is 11.4. The highest BCUT2D eigenvalue weighted by Gasteiger charge is 2.19. The smallest absolute Gasteiger partial charge is 0.145 e. The molecule has 0 amide bonds. The van der Waals surface area contributed by atoms with Crippen molar-refractivity contribution in [3.63, 3.8) is 0 Å². The molecule has 3 heteroatoms. The van der Waals surface area contributed by atoms with Crippen molar-refractivity contribution in [2.75, 3.05) is 19.8 Å². The maximum atomic E-state index is 5.70. The van der Waals surface area contributed by atoms with Crippen molar-refractivity contribution in [3.05, 3.63) is 29.8 Å². The Kier molecular flexibility index (Phi) is 3.80. The van der Waals surface area contributed by atoms with E-state index in [1.807, 2.05) is 12.1 Å². The van der Waals surface area contributed by atoms with Gasteiger partial charge in [-0.15, -0.1) is 0 Å².